The average Bonchev–Trinajstić information content (AvgIpc) is 3.57. The van der Waals surface area contributed by atoms with E-state index in [9.17, 15) is 19.7 Å². The fraction of sp³-hybridized carbons (Fsp3) is 0.0741. The van der Waals surface area contributed by atoms with Crippen LogP contribution in [0.1, 0.15) is 37.8 Å². The summed E-state index contributed by atoms with van der Waals surface area (Å²) >= 11 is 0. The number of nitro groups is 1. The van der Waals surface area contributed by atoms with Gasteiger partial charge in [0.2, 0.25) is 11.6 Å². The predicted octanol–water partition coefficient (Wildman–Crippen LogP) is 3.87. The van der Waals surface area contributed by atoms with E-state index in [-0.39, 0.29) is 35.2 Å². The molecule has 0 saturated carbocycles. The summed E-state index contributed by atoms with van der Waals surface area (Å²) in [5.41, 5.74) is 2.64. The van der Waals surface area contributed by atoms with Crippen molar-refractivity contribution in [2.75, 3.05) is 7.11 Å². The first-order chi connectivity index (χ1) is 18.4. The van der Waals surface area contributed by atoms with Crippen molar-refractivity contribution in [1.29, 1.82) is 0 Å². The summed E-state index contributed by atoms with van der Waals surface area (Å²) in [4.78, 5) is 42.0. The van der Waals surface area contributed by atoms with Crippen LogP contribution in [0.4, 0.5) is 5.69 Å². The zero-order valence-corrected chi connectivity index (χ0v) is 19.9. The van der Waals surface area contributed by atoms with Gasteiger partial charge in [0.25, 0.3) is 5.69 Å². The van der Waals surface area contributed by atoms with Crippen LogP contribution in [-0.2, 0) is 6.54 Å². The van der Waals surface area contributed by atoms with Gasteiger partial charge in [-0.1, -0.05) is 29.5 Å². The first-order valence-electron chi connectivity index (χ1n) is 11.5. The van der Waals surface area contributed by atoms with Crippen molar-refractivity contribution in [2.24, 2.45) is 0 Å². The van der Waals surface area contributed by atoms with Crippen LogP contribution in [0.2, 0.25) is 0 Å². The molecular formula is C27H18N6O5. The molecule has 3 aromatic carbocycles. The summed E-state index contributed by atoms with van der Waals surface area (Å²) in [5.74, 6) is 0.461. The topological polar surface area (TPSA) is 135 Å². The molecule has 6 rings (SSSR count). The molecule has 0 saturated heterocycles. The normalized spacial score (nSPS) is 12.2. The summed E-state index contributed by atoms with van der Waals surface area (Å²) in [6, 6.07) is 19.7. The molecule has 2 heterocycles. The highest BCUT2D eigenvalue weighted by atomic mass is 16.6. The molecule has 0 atom stereocenters. The first kappa shape index (κ1) is 23.0. The van der Waals surface area contributed by atoms with Gasteiger partial charge in [-0.25, -0.2) is 9.67 Å². The SMILES string of the molecule is COc1ccc(-c2nc3c(n2Cc2cn(-c4ccc([N+](=O)[O-])cc4)nn2)C(=O)c2ccccc2C3=O)cc1. The maximum atomic E-state index is 13.6. The van der Waals surface area contributed by atoms with E-state index in [0.29, 0.717) is 39.6 Å². The fourth-order valence-electron chi connectivity index (χ4n) is 4.48. The largest absolute Gasteiger partial charge is 0.497 e. The third-order valence-electron chi connectivity index (χ3n) is 6.35. The van der Waals surface area contributed by atoms with Gasteiger partial charge in [-0.2, -0.15) is 0 Å². The predicted molar refractivity (Wildman–Crippen MR) is 135 cm³/mol. The Balaban J connectivity index is 1.44. The summed E-state index contributed by atoms with van der Waals surface area (Å²) in [7, 11) is 1.57. The Bertz CT molecular complexity index is 1730. The van der Waals surface area contributed by atoms with Crippen molar-refractivity contribution < 1.29 is 19.2 Å². The van der Waals surface area contributed by atoms with Crippen molar-refractivity contribution in [3.8, 4) is 22.8 Å². The van der Waals surface area contributed by atoms with E-state index in [4.69, 9.17) is 4.74 Å². The van der Waals surface area contributed by atoms with Crippen LogP contribution < -0.4 is 4.74 Å². The average molecular weight is 506 g/mol. The molecule has 0 bridgehead atoms. The molecule has 11 nitrogen and oxygen atoms in total. The summed E-state index contributed by atoms with van der Waals surface area (Å²) < 4.78 is 8.42. The number of ketones is 2. The second kappa shape index (κ2) is 8.89. The standard InChI is InChI=1S/C27H18N6O5/c1-38-20-12-6-16(7-13-20)27-28-23-24(26(35)22-5-3-2-4-21(22)25(23)34)31(27)14-17-15-32(30-29-17)18-8-10-19(11-9-18)33(36)37/h2-13,15H,14H2,1H3. The number of non-ortho nitro benzene ring substituents is 1. The monoisotopic (exact) mass is 506 g/mol. The quantitative estimate of drug-likeness (QED) is 0.245. The lowest BCUT2D eigenvalue weighted by Gasteiger charge is -2.16. The van der Waals surface area contributed by atoms with Gasteiger partial charge in [-0.3, -0.25) is 19.7 Å². The smallest absolute Gasteiger partial charge is 0.269 e. The van der Waals surface area contributed by atoms with Crippen LogP contribution in [0.15, 0.2) is 79.0 Å². The number of benzene rings is 3. The van der Waals surface area contributed by atoms with Crippen LogP contribution in [-0.4, -0.2) is 48.1 Å². The summed E-state index contributed by atoms with van der Waals surface area (Å²) in [6.07, 6.45) is 1.66. The van der Waals surface area contributed by atoms with E-state index in [2.05, 4.69) is 15.3 Å². The maximum Gasteiger partial charge on any atom is 0.269 e. The molecule has 2 aromatic heterocycles. The van der Waals surface area contributed by atoms with Gasteiger partial charge in [0.05, 0.1) is 30.5 Å². The van der Waals surface area contributed by atoms with Gasteiger partial charge in [0.1, 0.15) is 28.7 Å². The number of carbonyl (C=O) groups excluding carboxylic acids is 2. The molecule has 0 unspecified atom stereocenters. The number of fused-ring (bicyclic) bond motifs is 2. The molecule has 0 fully saturated rings. The molecule has 38 heavy (non-hydrogen) atoms. The number of imidazole rings is 1. The maximum absolute atomic E-state index is 13.6. The van der Waals surface area contributed by atoms with Gasteiger partial charge in [-0.05, 0) is 36.4 Å². The van der Waals surface area contributed by atoms with Crippen molar-refractivity contribution >= 4 is 17.3 Å². The number of hydrogen-bond acceptors (Lipinski definition) is 8. The molecule has 0 N–H and O–H groups in total. The van der Waals surface area contributed by atoms with Gasteiger partial charge < -0.3 is 9.30 Å². The first-order valence-corrected chi connectivity index (χ1v) is 11.5. The molecule has 1 aliphatic carbocycles. The summed E-state index contributed by atoms with van der Waals surface area (Å²) in [6.45, 7) is 0.109. The lowest BCUT2D eigenvalue weighted by molar-refractivity contribution is -0.384. The second-order valence-electron chi connectivity index (χ2n) is 8.58. The lowest BCUT2D eigenvalue weighted by atomic mass is 9.90. The van der Waals surface area contributed by atoms with Crippen molar-refractivity contribution in [1.82, 2.24) is 24.5 Å². The fourth-order valence-corrected chi connectivity index (χ4v) is 4.48. The van der Waals surface area contributed by atoms with E-state index in [0.717, 1.165) is 0 Å². The van der Waals surface area contributed by atoms with Gasteiger partial charge in [0.15, 0.2) is 0 Å². The van der Waals surface area contributed by atoms with Crippen LogP contribution in [0.5, 0.6) is 5.75 Å². The summed E-state index contributed by atoms with van der Waals surface area (Å²) in [5, 5.41) is 19.3. The highest BCUT2D eigenvalue weighted by molar-refractivity contribution is 6.27. The van der Waals surface area contributed by atoms with Crippen molar-refractivity contribution in [3.63, 3.8) is 0 Å². The third-order valence-corrected chi connectivity index (χ3v) is 6.35. The number of aromatic nitrogens is 5. The molecule has 0 amide bonds. The van der Waals surface area contributed by atoms with Crippen LogP contribution in [0.3, 0.4) is 0 Å². The number of methoxy groups -OCH3 is 1. The van der Waals surface area contributed by atoms with Crippen LogP contribution >= 0.6 is 0 Å². The molecule has 5 aromatic rings. The zero-order valence-electron chi connectivity index (χ0n) is 19.9. The van der Waals surface area contributed by atoms with E-state index in [1.165, 1.54) is 16.8 Å². The third kappa shape index (κ3) is 3.73. The molecule has 1 aliphatic rings. The second-order valence-corrected chi connectivity index (χ2v) is 8.58. The van der Waals surface area contributed by atoms with Crippen LogP contribution in [0, 0.1) is 10.1 Å². The van der Waals surface area contributed by atoms with E-state index >= 15 is 0 Å². The Morgan fingerprint density at radius 3 is 2.26 bits per heavy atom. The zero-order chi connectivity index (χ0) is 26.4. The number of ether oxygens (including phenoxy) is 1. The number of hydrogen-bond donors (Lipinski definition) is 0. The van der Waals surface area contributed by atoms with Crippen LogP contribution in [0.25, 0.3) is 17.1 Å². The molecule has 186 valence electrons. The number of nitro benzene ring substituents is 1. The Morgan fingerprint density at radius 2 is 1.61 bits per heavy atom. The van der Waals surface area contributed by atoms with Crippen molar-refractivity contribution in [2.45, 2.75) is 6.54 Å². The number of rotatable bonds is 6. The van der Waals surface area contributed by atoms with Gasteiger partial charge >= 0.3 is 0 Å². The number of carbonyl (C=O) groups is 2. The Labute approximate surface area is 215 Å². The molecular weight excluding hydrogens is 488 g/mol. The van der Waals surface area contributed by atoms with Gasteiger partial charge in [0, 0.05) is 28.8 Å². The molecule has 11 heteroatoms. The van der Waals surface area contributed by atoms with E-state index < -0.39 is 4.92 Å². The highest BCUT2D eigenvalue weighted by Crippen LogP contribution is 2.32. The molecule has 0 aliphatic heterocycles. The molecule has 0 spiro atoms. The van der Waals surface area contributed by atoms with E-state index in [1.807, 2.05) is 0 Å². The minimum atomic E-state index is -0.476. The van der Waals surface area contributed by atoms with Gasteiger partial charge in [-0.15, -0.1) is 5.10 Å². The highest BCUT2D eigenvalue weighted by Gasteiger charge is 2.36. The molecule has 0 radical (unpaired) electrons. The van der Waals surface area contributed by atoms with Crippen molar-refractivity contribution in [3.05, 3.63) is 117 Å². The van der Waals surface area contributed by atoms with E-state index in [1.54, 1.807) is 78.5 Å². The Hall–Kier alpha value is -5.45. The number of nitrogens with zero attached hydrogens (tertiary/aromatic N) is 6. The Kier molecular flexibility index (Phi) is 5.38. The lowest BCUT2D eigenvalue weighted by Crippen LogP contribution is -2.23. The minimum Gasteiger partial charge on any atom is -0.497 e. The Morgan fingerprint density at radius 1 is 0.921 bits per heavy atom. The minimum absolute atomic E-state index is 0.0354.